The maximum Gasteiger partial charge on any atom is 0.338 e. The van der Waals surface area contributed by atoms with Gasteiger partial charge < -0.3 is 10.1 Å². The number of benzene rings is 1. The fraction of sp³-hybridized carbons (Fsp3) is 0.467. The average Bonchev–Trinajstić information content (AvgIpc) is 2.83. The monoisotopic (exact) mass is 325 g/mol. The standard InChI is InChI=1S/C15H19NO5S/c1-2-11-3-5-12(6-4-11)15(18)21-9-14(17)16-13-7-8-22(19,20)10-13/h3-6,13H,2,7-10H2,1H3,(H,16,17)/t13-/m1/s1. The molecule has 0 saturated carbocycles. The molecule has 6 nitrogen and oxygen atoms in total. The number of amides is 1. The summed E-state index contributed by atoms with van der Waals surface area (Å²) in [6, 6.07) is 6.59. The predicted molar refractivity (Wildman–Crippen MR) is 81.3 cm³/mol. The molecular weight excluding hydrogens is 306 g/mol. The van der Waals surface area contributed by atoms with Gasteiger partial charge in [-0.15, -0.1) is 0 Å². The molecule has 0 bridgehead atoms. The third kappa shape index (κ3) is 4.56. The Labute approximate surface area is 129 Å². The van der Waals surface area contributed by atoms with Crippen LogP contribution in [0.15, 0.2) is 24.3 Å². The van der Waals surface area contributed by atoms with Crippen LogP contribution < -0.4 is 5.32 Å². The summed E-state index contributed by atoms with van der Waals surface area (Å²) in [6.45, 7) is 1.60. The van der Waals surface area contributed by atoms with Gasteiger partial charge in [0.2, 0.25) is 0 Å². The van der Waals surface area contributed by atoms with Gasteiger partial charge in [0.25, 0.3) is 5.91 Å². The molecule has 7 heteroatoms. The van der Waals surface area contributed by atoms with Gasteiger partial charge in [-0.1, -0.05) is 19.1 Å². The summed E-state index contributed by atoms with van der Waals surface area (Å²) in [5.74, 6) is -1.02. The zero-order valence-electron chi connectivity index (χ0n) is 12.4. The number of sulfone groups is 1. The lowest BCUT2D eigenvalue weighted by Crippen LogP contribution is -2.38. The van der Waals surface area contributed by atoms with Crippen LogP contribution in [0.1, 0.15) is 29.3 Å². The molecule has 2 rings (SSSR count). The first kappa shape index (κ1) is 16.5. The zero-order valence-corrected chi connectivity index (χ0v) is 13.2. The molecular formula is C15H19NO5S. The smallest absolute Gasteiger partial charge is 0.338 e. The van der Waals surface area contributed by atoms with Crippen molar-refractivity contribution in [2.24, 2.45) is 0 Å². The lowest BCUT2D eigenvalue weighted by atomic mass is 10.1. The fourth-order valence-electron chi connectivity index (χ4n) is 2.27. The summed E-state index contributed by atoms with van der Waals surface area (Å²) in [4.78, 5) is 23.5. The Morgan fingerprint density at radius 1 is 1.27 bits per heavy atom. The minimum atomic E-state index is -3.04. The Kier molecular flexibility index (Phi) is 5.18. The zero-order chi connectivity index (χ0) is 16.2. The number of rotatable bonds is 5. The molecule has 1 atom stereocenters. The van der Waals surface area contributed by atoms with Crippen molar-refractivity contribution in [1.29, 1.82) is 0 Å². The van der Waals surface area contributed by atoms with E-state index in [0.717, 1.165) is 12.0 Å². The van der Waals surface area contributed by atoms with E-state index in [1.165, 1.54) is 0 Å². The van der Waals surface area contributed by atoms with Crippen molar-refractivity contribution in [3.8, 4) is 0 Å². The second-order valence-corrected chi connectivity index (χ2v) is 7.52. The summed E-state index contributed by atoms with van der Waals surface area (Å²) < 4.78 is 27.5. The highest BCUT2D eigenvalue weighted by Gasteiger charge is 2.29. The van der Waals surface area contributed by atoms with Crippen LogP contribution in [0.5, 0.6) is 0 Å². The Balaban J connectivity index is 1.79. The second-order valence-electron chi connectivity index (χ2n) is 5.29. The van der Waals surface area contributed by atoms with Gasteiger partial charge in [0, 0.05) is 6.04 Å². The molecule has 1 fully saturated rings. The van der Waals surface area contributed by atoms with E-state index in [2.05, 4.69) is 5.32 Å². The van der Waals surface area contributed by atoms with Crippen LogP contribution >= 0.6 is 0 Å². The fourth-order valence-corrected chi connectivity index (χ4v) is 3.94. The predicted octanol–water partition coefficient (Wildman–Crippen LogP) is 0.709. The van der Waals surface area contributed by atoms with Crippen LogP contribution in [0.2, 0.25) is 0 Å². The molecule has 1 amide bonds. The van der Waals surface area contributed by atoms with Gasteiger partial charge in [-0.25, -0.2) is 13.2 Å². The van der Waals surface area contributed by atoms with E-state index in [4.69, 9.17) is 4.74 Å². The van der Waals surface area contributed by atoms with Crippen molar-refractivity contribution < 1.29 is 22.7 Å². The van der Waals surface area contributed by atoms with E-state index in [0.29, 0.717) is 12.0 Å². The highest BCUT2D eigenvalue weighted by Crippen LogP contribution is 2.11. The van der Waals surface area contributed by atoms with Crippen molar-refractivity contribution in [2.45, 2.75) is 25.8 Å². The minimum Gasteiger partial charge on any atom is -0.452 e. The van der Waals surface area contributed by atoms with Crippen LogP contribution in [0.3, 0.4) is 0 Å². The van der Waals surface area contributed by atoms with E-state index in [1.807, 2.05) is 19.1 Å². The summed E-state index contributed by atoms with van der Waals surface area (Å²) in [7, 11) is -3.04. The molecule has 1 saturated heterocycles. The first-order valence-corrected chi connectivity index (χ1v) is 8.97. The van der Waals surface area contributed by atoms with Crippen LogP contribution in [-0.2, 0) is 25.8 Å². The van der Waals surface area contributed by atoms with Crippen molar-refractivity contribution in [3.63, 3.8) is 0 Å². The molecule has 120 valence electrons. The quantitative estimate of drug-likeness (QED) is 0.805. The van der Waals surface area contributed by atoms with E-state index >= 15 is 0 Å². The third-order valence-electron chi connectivity index (χ3n) is 3.53. The van der Waals surface area contributed by atoms with Gasteiger partial charge in [-0.3, -0.25) is 4.79 Å². The molecule has 22 heavy (non-hydrogen) atoms. The molecule has 0 unspecified atom stereocenters. The van der Waals surface area contributed by atoms with E-state index in [1.54, 1.807) is 12.1 Å². The maximum atomic E-state index is 11.8. The Morgan fingerprint density at radius 2 is 1.95 bits per heavy atom. The lowest BCUT2D eigenvalue weighted by molar-refractivity contribution is -0.124. The Bertz CT molecular complexity index is 651. The molecule has 1 N–H and O–H groups in total. The largest absolute Gasteiger partial charge is 0.452 e. The first-order valence-electron chi connectivity index (χ1n) is 7.15. The maximum absolute atomic E-state index is 11.8. The van der Waals surface area contributed by atoms with Gasteiger partial charge in [-0.05, 0) is 30.5 Å². The van der Waals surface area contributed by atoms with Crippen molar-refractivity contribution in [3.05, 3.63) is 35.4 Å². The summed E-state index contributed by atoms with van der Waals surface area (Å²) in [5.41, 5.74) is 1.49. The number of hydrogen-bond donors (Lipinski definition) is 1. The van der Waals surface area contributed by atoms with Crippen molar-refractivity contribution >= 4 is 21.7 Å². The van der Waals surface area contributed by atoms with Gasteiger partial charge in [0.05, 0.1) is 17.1 Å². The van der Waals surface area contributed by atoms with E-state index < -0.39 is 28.3 Å². The first-order chi connectivity index (χ1) is 10.4. The number of aryl methyl sites for hydroxylation is 1. The molecule has 0 aliphatic carbocycles. The van der Waals surface area contributed by atoms with Crippen molar-refractivity contribution in [1.82, 2.24) is 5.32 Å². The van der Waals surface area contributed by atoms with Crippen molar-refractivity contribution in [2.75, 3.05) is 18.1 Å². The molecule has 1 heterocycles. The highest BCUT2D eigenvalue weighted by atomic mass is 32.2. The number of ether oxygens (including phenoxy) is 1. The van der Waals surface area contributed by atoms with Gasteiger partial charge >= 0.3 is 5.97 Å². The minimum absolute atomic E-state index is 0.0504. The molecule has 1 aromatic rings. The molecule has 0 spiro atoms. The lowest BCUT2D eigenvalue weighted by Gasteiger charge is -2.11. The number of carbonyl (C=O) groups excluding carboxylic acids is 2. The number of nitrogens with one attached hydrogen (secondary N) is 1. The van der Waals surface area contributed by atoms with Gasteiger partial charge in [-0.2, -0.15) is 0 Å². The molecule has 1 aliphatic rings. The average molecular weight is 325 g/mol. The van der Waals surface area contributed by atoms with Crippen LogP contribution in [0.4, 0.5) is 0 Å². The molecule has 0 radical (unpaired) electrons. The van der Waals surface area contributed by atoms with Gasteiger partial charge in [0.15, 0.2) is 16.4 Å². The molecule has 0 aromatic heterocycles. The van der Waals surface area contributed by atoms with E-state index in [9.17, 15) is 18.0 Å². The van der Waals surface area contributed by atoms with Crippen LogP contribution in [0.25, 0.3) is 0 Å². The molecule has 1 aromatic carbocycles. The number of esters is 1. The summed E-state index contributed by atoms with van der Waals surface area (Å²) >= 11 is 0. The van der Waals surface area contributed by atoms with Gasteiger partial charge in [0.1, 0.15) is 0 Å². The third-order valence-corrected chi connectivity index (χ3v) is 5.30. The Hall–Kier alpha value is -1.89. The van der Waals surface area contributed by atoms with E-state index in [-0.39, 0.29) is 17.5 Å². The van der Waals surface area contributed by atoms with Crippen LogP contribution in [0, 0.1) is 0 Å². The SMILES string of the molecule is CCc1ccc(C(=O)OCC(=O)N[C@@H]2CCS(=O)(=O)C2)cc1. The van der Waals surface area contributed by atoms with Crippen LogP contribution in [-0.4, -0.2) is 44.4 Å². The Morgan fingerprint density at radius 3 is 2.50 bits per heavy atom. The summed E-state index contributed by atoms with van der Waals surface area (Å²) in [5, 5.41) is 2.56. The molecule has 1 aliphatic heterocycles. The number of carbonyl (C=O) groups is 2. The second kappa shape index (κ2) is 6.91. The highest BCUT2D eigenvalue weighted by molar-refractivity contribution is 7.91. The number of hydrogen-bond acceptors (Lipinski definition) is 5. The normalized spacial score (nSPS) is 19.6. The topological polar surface area (TPSA) is 89.5 Å². The summed E-state index contributed by atoms with van der Waals surface area (Å²) in [6.07, 6.45) is 1.28.